The van der Waals surface area contributed by atoms with Gasteiger partial charge in [0.25, 0.3) is 0 Å². The molecule has 2 saturated heterocycles. The normalized spacial score (nSPS) is 26.3. The second-order valence-electron chi connectivity index (χ2n) is 7.63. The smallest absolute Gasteiger partial charge is 0.249 e. The molecule has 1 aromatic carbocycles. The first kappa shape index (κ1) is 17.3. The van der Waals surface area contributed by atoms with Gasteiger partial charge in [-0.2, -0.15) is 0 Å². The maximum atomic E-state index is 12.8. The van der Waals surface area contributed by atoms with E-state index in [1.165, 1.54) is 35.3 Å². The lowest BCUT2D eigenvalue weighted by molar-refractivity contribution is -0.135. The summed E-state index contributed by atoms with van der Waals surface area (Å²) in [6, 6.07) is 6.14. The fraction of sp³-hybridized carbons (Fsp3) is 0.450. The summed E-state index contributed by atoms with van der Waals surface area (Å²) >= 11 is 3.14. The van der Waals surface area contributed by atoms with Crippen molar-refractivity contribution >= 4 is 40.0 Å². The van der Waals surface area contributed by atoms with Crippen molar-refractivity contribution in [3.05, 3.63) is 34.7 Å². The highest BCUT2D eigenvalue weighted by Gasteiger charge is 2.52. The Morgan fingerprint density at radius 3 is 3.04 bits per heavy atom. The van der Waals surface area contributed by atoms with Crippen LogP contribution in [0.3, 0.4) is 0 Å². The van der Waals surface area contributed by atoms with Crippen molar-refractivity contribution in [2.75, 3.05) is 11.1 Å². The molecular formula is C20H21N3O2S2. The summed E-state index contributed by atoms with van der Waals surface area (Å²) < 4.78 is 0. The topological polar surface area (TPSA) is 62.3 Å². The SMILES string of the molecule is C[C@]12CCC(=O)N1[C@H](C(=O)Nc1nc(-c3ccc4c(c3)CCC4)cs1)CS2. The van der Waals surface area contributed by atoms with Crippen LogP contribution >= 0.6 is 23.1 Å². The molecule has 2 aromatic rings. The highest BCUT2D eigenvalue weighted by molar-refractivity contribution is 8.01. The number of anilines is 1. The molecule has 0 spiro atoms. The van der Waals surface area contributed by atoms with E-state index in [1.54, 1.807) is 16.7 Å². The first-order chi connectivity index (χ1) is 13.0. The molecule has 0 bridgehead atoms. The van der Waals surface area contributed by atoms with Gasteiger partial charge >= 0.3 is 0 Å². The predicted molar refractivity (Wildman–Crippen MR) is 109 cm³/mol. The Balaban J connectivity index is 1.32. The summed E-state index contributed by atoms with van der Waals surface area (Å²) in [7, 11) is 0. The molecule has 2 amide bonds. The van der Waals surface area contributed by atoms with Crippen molar-refractivity contribution in [1.29, 1.82) is 0 Å². The monoisotopic (exact) mass is 399 g/mol. The van der Waals surface area contributed by atoms with Gasteiger partial charge in [0.1, 0.15) is 6.04 Å². The highest BCUT2D eigenvalue weighted by atomic mass is 32.2. The van der Waals surface area contributed by atoms with Crippen LogP contribution in [-0.4, -0.2) is 38.4 Å². The molecule has 5 nitrogen and oxygen atoms in total. The van der Waals surface area contributed by atoms with E-state index >= 15 is 0 Å². The second kappa shape index (κ2) is 6.34. The summed E-state index contributed by atoms with van der Waals surface area (Å²) in [4.78, 5) is 31.2. The number of carbonyl (C=O) groups excluding carboxylic acids is 2. The average molecular weight is 400 g/mol. The number of fused-ring (bicyclic) bond motifs is 2. The summed E-state index contributed by atoms with van der Waals surface area (Å²) in [5, 5.41) is 5.52. The molecule has 1 N–H and O–H groups in total. The molecule has 7 heteroatoms. The summed E-state index contributed by atoms with van der Waals surface area (Å²) in [6.07, 6.45) is 4.89. The molecule has 2 aliphatic heterocycles. The van der Waals surface area contributed by atoms with Crippen LogP contribution in [0, 0.1) is 0 Å². The summed E-state index contributed by atoms with van der Waals surface area (Å²) in [5.74, 6) is 0.605. The molecule has 1 aliphatic carbocycles. The third-order valence-electron chi connectivity index (χ3n) is 5.88. The Morgan fingerprint density at radius 2 is 2.15 bits per heavy atom. The number of nitrogens with zero attached hydrogens (tertiary/aromatic N) is 2. The Labute approximate surface area is 166 Å². The van der Waals surface area contributed by atoms with Gasteiger partial charge in [0, 0.05) is 23.1 Å². The number of nitrogens with one attached hydrogen (secondary N) is 1. The summed E-state index contributed by atoms with van der Waals surface area (Å²) in [5.41, 5.74) is 4.86. The molecule has 0 saturated carbocycles. The first-order valence-electron chi connectivity index (χ1n) is 9.38. The van der Waals surface area contributed by atoms with Crippen molar-refractivity contribution in [1.82, 2.24) is 9.88 Å². The number of hydrogen-bond acceptors (Lipinski definition) is 5. The number of carbonyl (C=O) groups is 2. The van der Waals surface area contributed by atoms with Gasteiger partial charge in [0.2, 0.25) is 11.8 Å². The zero-order valence-electron chi connectivity index (χ0n) is 15.2. The number of aromatic nitrogens is 1. The van der Waals surface area contributed by atoms with Crippen LogP contribution in [-0.2, 0) is 22.4 Å². The molecule has 2 atom stereocenters. The van der Waals surface area contributed by atoms with Gasteiger partial charge in [0.05, 0.1) is 10.6 Å². The standard InChI is InChI=1S/C20H21N3O2S2/c1-20-8-7-17(24)23(20)16(11-27-20)18(25)22-19-21-15(10-26-19)14-6-5-12-3-2-4-13(12)9-14/h5-6,9-10,16H,2-4,7-8,11H2,1H3,(H,21,22,25)/t16-,20-/m0/s1. The number of aryl methyl sites for hydroxylation is 2. The van der Waals surface area contributed by atoms with E-state index in [9.17, 15) is 9.59 Å². The molecule has 0 unspecified atom stereocenters. The van der Waals surface area contributed by atoms with E-state index in [4.69, 9.17) is 0 Å². The van der Waals surface area contributed by atoms with Gasteiger partial charge in [-0.1, -0.05) is 12.1 Å². The van der Waals surface area contributed by atoms with Crippen molar-refractivity contribution in [2.45, 2.75) is 49.9 Å². The molecule has 140 valence electrons. The molecule has 1 aromatic heterocycles. The van der Waals surface area contributed by atoms with Crippen molar-refractivity contribution in [3.63, 3.8) is 0 Å². The Hall–Kier alpha value is -1.86. The molecule has 3 aliphatic rings. The Morgan fingerprint density at radius 1 is 1.30 bits per heavy atom. The quantitative estimate of drug-likeness (QED) is 0.855. The maximum absolute atomic E-state index is 12.8. The second-order valence-corrected chi connectivity index (χ2v) is 9.99. The third kappa shape index (κ3) is 2.88. The van der Waals surface area contributed by atoms with Crippen LogP contribution in [0.25, 0.3) is 11.3 Å². The van der Waals surface area contributed by atoms with Gasteiger partial charge in [-0.05, 0) is 49.8 Å². The van der Waals surface area contributed by atoms with Crippen LogP contribution in [0.5, 0.6) is 0 Å². The van der Waals surface area contributed by atoms with E-state index in [1.807, 2.05) is 5.38 Å². The zero-order chi connectivity index (χ0) is 18.6. The minimum atomic E-state index is -0.401. The minimum absolute atomic E-state index is 0.0839. The van der Waals surface area contributed by atoms with Crippen molar-refractivity contribution in [3.8, 4) is 11.3 Å². The number of thioether (sulfide) groups is 1. The lowest BCUT2D eigenvalue weighted by Crippen LogP contribution is -2.48. The number of thiazole rings is 1. The zero-order valence-corrected chi connectivity index (χ0v) is 16.8. The van der Waals surface area contributed by atoms with Crippen LogP contribution in [0.1, 0.15) is 37.3 Å². The number of rotatable bonds is 3. The largest absolute Gasteiger partial charge is 0.315 e. The molecule has 27 heavy (non-hydrogen) atoms. The van der Waals surface area contributed by atoms with Crippen LogP contribution in [0.2, 0.25) is 0 Å². The fourth-order valence-corrected chi connectivity index (χ4v) is 6.55. The predicted octanol–water partition coefficient (Wildman–Crippen LogP) is 3.69. The van der Waals surface area contributed by atoms with E-state index < -0.39 is 6.04 Å². The van der Waals surface area contributed by atoms with Gasteiger partial charge in [-0.25, -0.2) is 4.98 Å². The molecule has 0 radical (unpaired) electrons. The van der Waals surface area contributed by atoms with Crippen LogP contribution in [0.4, 0.5) is 5.13 Å². The maximum Gasteiger partial charge on any atom is 0.249 e. The number of benzene rings is 1. The van der Waals surface area contributed by atoms with Gasteiger partial charge in [-0.15, -0.1) is 23.1 Å². The lowest BCUT2D eigenvalue weighted by Gasteiger charge is -2.29. The van der Waals surface area contributed by atoms with E-state index in [0.29, 0.717) is 17.3 Å². The van der Waals surface area contributed by atoms with Crippen molar-refractivity contribution < 1.29 is 9.59 Å². The Kier molecular flexibility index (Phi) is 4.05. The lowest BCUT2D eigenvalue weighted by atomic mass is 10.1. The van der Waals surface area contributed by atoms with E-state index in [0.717, 1.165) is 24.1 Å². The highest BCUT2D eigenvalue weighted by Crippen LogP contribution is 2.47. The van der Waals surface area contributed by atoms with Gasteiger partial charge in [-0.3, -0.25) is 9.59 Å². The molecule has 3 heterocycles. The fourth-order valence-electron chi connectivity index (χ4n) is 4.40. The molecule has 5 rings (SSSR count). The molecule has 2 fully saturated rings. The number of hydrogen-bond donors (Lipinski definition) is 1. The van der Waals surface area contributed by atoms with Gasteiger partial charge < -0.3 is 10.2 Å². The first-order valence-corrected chi connectivity index (χ1v) is 11.2. The van der Waals surface area contributed by atoms with Crippen molar-refractivity contribution in [2.24, 2.45) is 0 Å². The number of amides is 2. The van der Waals surface area contributed by atoms with E-state index in [2.05, 4.69) is 35.4 Å². The van der Waals surface area contributed by atoms with Crippen LogP contribution < -0.4 is 5.32 Å². The Bertz CT molecular complexity index is 941. The third-order valence-corrected chi connectivity index (χ3v) is 8.14. The van der Waals surface area contributed by atoms with Crippen LogP contribution in [0.15, 0.2) is 23.6 Å². The van der Waals surface area contributed by atoms with E-state index in [-0.39, 0.29) is 16.7 Å². The minimum Gasteiger partial charge on any atom is -0.315 e. The molecular weight excluding hydrogens is 378 g/mol. The van der Waals surface area contributed by atoms with Gasteiger partial charge in [0.15, 0.2) is 5.13 Å². The average Bonchev–Trinajstić information content (AvgIpc) is 3.40. The summed E-state index contributed by atoms with van der Waals surface area (Å²) in [6.45, 7) is 2.06.